The zero-order chi connectivity index (χ0) is 21.5. The maximum atomic E-state index is 12.6. The minimum absolute atomic E-state index is 0.0812. The summed E-state index contributed by atoms with van der Waals surface area (Å²) in [4.78, 5) is 24.9. The van der Waals surface area contributed by atoms with Gasteiger partial charge >= 0.3 is 0 Å². The number of benzene rings is 3. The second kappa shape index (κ2) is 9.63. The standard InChI is InChI=1S/C25H21N3O3/c29-22(15-8-16-23-27-28-25(31-23)19-11-5-2-6-12-19)26-21-14-7-13-20(17-21)24(30)18-9-3-1-4-10-18/h1-7,9-14,17H,8,15-16H2,(H,26,29). The largest absolute Gasteiger partial charge is 0.421 e. The molecule has 4 aromatic rings. The molecule has 0 aliphatic heterocycles. The van der Waals surface area contributed by atoms with E-state index in [9.17, 15) is 9.59 Å². The Morgan fingerprint density at radius 2 is 1.52 bits per heavy atom. The lowest BCUT2D eigenvalue weighted by Crippen LogP contribution is -2.12. The van der Waals surface area contributed by atoms with Crippen molar-refractivity contribution in [2.75, 3.05) is 5.32 Å². The van der Waals surface area contributed by atoms with Crippen molar-refractivity contribution in [3.63, 3.8) is 0 Å². The second-order valence-corrected chi connectivity index (χ2v) is 7.04. The number of hydrogen-bond donors (Lipinski definition) is 1. The van der Waals surface area contributed by atoms with Gasteiger partial charge in [0.05, 0.1) is 0 Å². The van der Waals surface area contributed by atoms with Gasteiger partial charge < -0.3 is 9.73 Å². The fraction of sp³-hybridized carbons (Fsp3) is 0.120. The average Bonchev–Trinajstić information content (AvgIpc) is 3.29. The van der Waals surface area contributed by atoms with E-state index in [1.165, 1.54) is 0 Å². The zero-order valence-corrected chi connectivity index (χ0v) is 16.8. The Morgan fingerprint density at radius 3 is 2.29 bits per heavy atom. The molecule has 1 heterocycles. The van der Waals surface area contributed by atoms with Crippen LogP contribution in [0.5, 0.6) is 0 Å². The lowest BCUT2D eigenvalue weighted by molar-refractivity contribution is -0.116. The third kappa shape index (κ3) is 5.30. The third-order valence-electron chi connectivity index (χ3n) is 4.73. The van der Waals surface area contributed by atoms with E-state index in [2.05, 4.69) is 15.5 Å². The van der Waals surface area contributed by atoms with Gasteiger partial charge in [0.15, 0.2) is 5.78 Å². The first-order valence-corrected chi connectivity index (χ1v) is 10.1. The molecule has 6 nitrogen and oxygen atoms in total. The first kappa shape index (κ1) is 20.2. The Kier molecular flexibility index (Phi) is 6.28. The van der Waals surface area contributed by atoms with E-state index in [1.54, 1.807) is 36.4 Å². The first-order chi connectivity index (χ1) is 15.2. The number of hydrogen-bond acceptors (Lipinski definition) is 5. The van der Waals surface area contributed by atoms with Crippen molar-refractivity contribution in [2.24, 2.45) is 0 Å². The number of ketones is 1. The third-order valence-corrected chi connectivity index (χ3v) is 4.73. The highest BCUT2D eigenvalue weighted by Crippen LogP contribution is 2.18. The van der Waals surface area contributed by atoms with Crippen LogP contribution in [0.25, 0.3) is 11.5 Å². The molecule has 0 saturated carbocycles. The Labute approximate surface area is 180 Å². The average molecular weight is 411 g/mol. The van der Waals surface area contributed by atoms with Crippen LogP contribution in [0.15, 0.2) is 89.3 Å². The number of nitrogens with one attached hydrogen (secondary N) is 1. The molecular weight excluding hydrogens is 390 g/mol. The van der Waals surface area contributed by atoms with Crippen molar-refractivity contribution < 1.29 is 14.0 Å². The van der Waals surface area contributed by atoms with E-state index in [-0.39, 0.29) is 11.7 Å². The summed E-state index contributed by atoms with van der Waals surface area (Å²) < 4.78 is 5.66. The molecule has 0 spiro atoms. The lowest BCUT2D eigenvalue weighted by atomic mass is 10.0. The van der Waals surface area contributed by atoms with Crippen molar-refractivity contribution in [1.82, 2.24) is 10.2 Å². The minimum atomic E-state index is -0.132. The molecule has 0 saturated heterocycles. The summed E-state index contributed by atoms with van der Waals surface area (Å²) in [7, 11) is 0. The molecule has 1 amide bonds. The van der Waals surface area contributed by atoms with Gasteiger partial charge in [-0.1, -0.05) is 60.7 Å². The van der Waals surface area contributed by atoms with E-state index >= 15 is 0 Å². The molecule has 31 heavy (non-hydrogen) atoms. The predicted molar refractivity (Wildman–Crippen MR) is 118 cm³/mol. The first-order valence-electron chi connectivity index (χ1n) is 10.1. The summed E-state index contributed by atoms with van der Waals surface area (Å²) in [5.41, 5.74) is 2.60. The Balaban J connectivity index is 1.30. The number of aryl methyl sites for hydroxylation is 1. The second-order valence-electron chi connectivity index (χ2n) is 7.04. The highest BCUT2D eigenvalue weighted by atomic mass is 16.4. The molecule has 0 fully saturated rings. The van der Waals surface area contributed by atoms with E-state index in [4.69, 9.17) is 4.42 Å². The van der Waals surface area contributed by atoms with E-state index < -0.39 is 0 Å². The van der Waals surface area contributed by atoms with Crippen molar-refractivity contribution in [3.8, 4) is 11.5 Å². The molecule has 4 rings (SSSR count). The van der Waals surface area contributed by atoms with Gasteiger partial charge in [0, 0.05) is 35.2 Å². The van der Waals surface area contributed by atoms with E-state index in [0.29, 0.717) is 47.9 Å². The Bertz CT molecular complexity index is 1170. The fourth-order valence-corrected chi connectivity index (χ4v) is 3.17. The van der Waals surface area contributed by atoms with Crippen molar-refractivity contribution >= 4 is 17.4 Å². The summed E-state index contributed by atoms with van der Waals surface area (Å²) in [6, 6.07) is 25.6. The number of carbonyl (C=O) groups is 2. The molecule has 0 radical (unpaired) electrons. The topological polar surface area (TPSA) is 85.1 Å². The number of carbonyl (C=O) groups excluding carboxylic acids is 2. The molecule has 0 aliphatic carbocycles. The van der Waals surface area contributed by atoms with Crippen LogP contribution in [0, 0.1) is 0 Å². The van der Waals surface area contributed by atoms with Crippen LogP contribution in [0.2, 0.25) is 0 Å². The van der Waals surface area contributed by atoms with Gasteiger partial charge in [0.1, 0.15) is 0 Å². The van der Waals surface area contributed by atoms with E-state index in [0.717, 1.165) is 5.56 Å². The molecule has 154 valence electrons. The smallest absolute Gasteiger partial charge is 0.247 e. The van der Waals surface area contributed by atoms with Crippen LogP contribution in [0.1, 0.15) is 34.7 Å². The highest BCUT2D eigenvalue weighted by molar-refractivity contribution is 6.09. The van der Waals surface area contributed by atoms with Crippen LogP contribution in [-0.2, 0) is 11.2 Å². The van der Waals surface area contributed by atoms with Gasteiger partial charge in [-0.25, -0.2) is 0 Å². The summed E-state index contributed by atoms with van der Waals surface area (Å²) in [6.45, 7) is 0. The number of nitrogens with zero attached hydrogens (tertiary/aromatic N) is 2. The fourth-order valence-electron chi connectivity index (χ4n) is 3.17. The van der Waals surface area contributed by atoms with Gasteiger partial charge in [-0.05, 0) is 30.7 Å². The maximum absolute atomic E-state index is 12.6. The van der Waals surface area contributed by atoms with Gasteiger partial charge in [-0.2, -0.15) is 0 Å². The quantitative estimate of drug-likeness (QED) is 0.416. The molecule has 1 N–H and O–H groups in total. The lowest BCUT2D eigenvalue weighted by Gasteiger charge is -2.07. The summed E-state index contributed by atoms with van der Waals surface area (Å²) in [6.07, 6.45) is 1.39. The number of anilines is 1. The van der Waals surface area contributed by atoms with Gasteiger partial charge in [-0.15, -0.1) is 10.2 Å². The summed E-state index contributed by atoms with van der Waals surface area (Å²) in [5, 5.41) is 10.9. The number of aromatic nitrogens is 2. The highest BCUT2D eigenvalue weighted by Gasteiger charge is 2.11. The van der Waals surface area contributed by atoms with Crippen LogP contribution in [0.4, 0.5) is 5.69 Å². The maximum Gasteiger partial charge on any atom is 0.247 e. The molecule has 0 atom stereocenters. The predicted octanol–water partition coefficient (Wildman–Crippen LogP) is 4.93. The zero-order valence-electron chi connectivity index (χ0n) is 16.8. The molecule has 0 unspecified atom stereocenters. The van der Waals surface area contributed by atoms with Crippen LogP contribution >= 0.6 is 0 Å². The number of amides is 1. The molecule has 3 aromatic carbocycles. The van der Waals surface area contributed by atoms with Crippen molar-refractivity contribution in [2.45, 2.75) is 19.3 Å². The van der Waals surface area contributed by atoms with Gasteiger partial charge in [-0.3, -0.25) is 9.59 Å². The molecule has 0 bridgehead atoms. The monoisotopic (exact) mass is 411 g/mol. The molecule has 0 aliphatic rings. The summed E-state index contributed by atoms with van der Waals surface area (Å²) >= 11 is 0. The minimum Gasteiger partial charge on any atom is -0.421 e. The Morgan fingerprint density at radius 1 is 0.806 bits per heavy atom. The SMILES string of the molecule is O=C(CCCc1nnc(-c2ccccc2)o1)Nc1cccc(C(=O)c2ccccc2)c1. The van der Waals surface area contributed by atoms with Gasteiger partial charge in [0.2, 0.25) is 17.7 Å². The molecule has 1 aromatic heterocycles. The van der Waals surface area contributed by atoms with Crippen LogP contribution in [0.3, 0.4) is 0 Å². The van der Waals surface area contributed by atoms with Crippen LogP contribution in [-0.4, -0.2) is 21.9 Å². The molecule has 6 heteroatoms. The van der Waals surface area contributed by atoms with Crippen molar-refractivity contribution in [3.05, 3.63) is 102 Å². The normalized spacial score (nSPS) is 10.6. The Hall–Kier alpha value is -4.06. The van der Waals surface area contributed by atoms with Gasteiger partial charge in [0.25, 0.3) is 0 Å². The number of rotatable bonds is 8. The molecular formula is C25H21N3O3. The summed E-state index contributed by atoms with van der Waals surface area (Å²) in [5.74, 6) is 0.761. The van der Waals surface area contributed by atoms with Crippen LogP contribution < -0.4 is 5.32 Å². The van der Waals surface area contributed by atoms with E-state index in [1.807, 2.05) is 48.5 Å². The van der Waals surface area contributed by atoms with Crippen molar-refractivity contribution in [1.29, 1.82) is 0 Å².